The molecule has 0 aliphatic carbocycles. The fraction of sp³-hybridized carbons (Fsp3) is 0.545. The molecule has 0 spiro atoms. The molecule has 1 heterocycles. The molecular weight excluding hydrogens is 256 g/mol. The maximum Gasteiger partial charge on any atom is 0.171 e. The van der Waals surface area contributed by atoms with Gasteiger partial charge in [0.2, 0.25) is 0 Å². The van der Waals surface area contributed by atoms with Gasteiger partial charge in [-0.05, 0) is 18.6 Å². The largest absolute Gasteiger partial charge is 0.490 e. The Hall–Kier alpha value is -0.770. The van der Waals surface area contributed by atoms with Crippen LogP contribution in [0, 0.1) is 0 Å². The average molecular weight is 273 g/mol. The first-order chi connectivity index (χ1) is 7.29. The molecule has 0 amide bonds. The van der Waals surface area contributed by atoms with E-state index in [1.807, 2.05) is 19.2 Å². The quantitative estimate of drug-likeness (QED) is 0.745. The van der Waals surface area contributed by atoms with E-state index < -0.39 is 0 Å². The van der Waals surface area contributed by atoms with Gasteiger partial charge < -0.3 is 9.64 Å². The summed E-state index contributed by atoms with van der Waals surface area (Å²) in [7, 11) is 2.02. The van der Waals surface area contributed by atoms with Crippen LogP contribution in [-0.2, 0) is 0 Å². The third-order valence-corrected chi connectivity index (χ3v) is 2.35. The van der Waals surface area contributed by atoms with Gasteiger partial charge in [-0.1, -0.05) is 22.9 Å². The summed E-state index contributed by atoms with van der Waals surface area (Å²) >= 11 is 3.41. The van der Waals surface area contributed by atoms with Crippen LogP contribution in [0.4, 0.5) is 5.82 Å². The average Bonchev–Trinajstić information content (AvgIpc) is 2.27. The highest BCUT2D eigenvalue weighted by atomic mass is 79.9. The molecular formula is C11H17BrN2O. The number of rotatable bonds is 6. The fourth-order valence-corrected chi connectivity index (χ4v) is 1.76. The Labute approximate surface area is 99.6 Å². The van der Waals surface area contributed by atoms with Crippen molar-refractivity contribution < 1.29 is 4.74 Å². The lowest BCUT2D eigenvalue weighted by molar-refractivity contribution is 0.317. The molecule has 3 nitrogen and oxygen atoms in total. The zero-order chi connectivity index (χ0) is 11.1. The van der Waals surface area contributed by atoms with E-state index in [4.69, 9.17) is 4.74 Å². The number of halogens is 1. The molecule has 0 fully saturated rings. The smallest absolute Gasteiger partial charge is 0.171 e. The molecule has 15 heavy (non-hydrogen) atoms. The van der Waals surface area contributed by atoms with E-state index in [-0.39, 0.29) is 0 Å². The van der Waals surface area contributed by atoms with Gasteiger partial charge in [-0.3, -0.25) is 0 Å². The summed E-state index contributed by atoms with van der Waals surface area (Å²) in [5, 5.41) is 0.924. The minimum atomic E-state index is 0.737. The van der Waals surface area contributed by atoms with Crippen molar-refractivity contribution in [3.8, 4) is 5.75 Å². The normalized spacial score (nSPS) is 10.1. The first-order valence-electron chi connectivity index (χ1n) is 5.14. The van der Waals surface area contributed by atoms with Gasteiger partial charge in [0.1, 0.15) is 0 Å². The van der Waals surface area contributed by atoms with Crippen LogP contribution in [0.3, 0.4) is 0 Å². The minimum Gasteiger partial charge on any atom is -0.490 e. The van der Waals surface area contributed by atoms with Crippen LogP contribution in [-0.4, -0.2) is 30.5 Å². The van der Waals surface area contributed by atoms with E-state index in [2.05, 4.69) is 32.7 Å². The lowest BCUT2D eigenvalue weighted by Gasteiger charge is -2.19. The number of ether oxygens (including phenoxy) is 1. The van der Waals surface area contributed by atoms with Crippen molar-refractivity contribution in [2.45, 2.75) is 13.3 Å². The highest BCUT2D eigenvalue weighted by molar-refractivity contribution is 9.09. The Morgan fingerprint density at radius 1 is 1.53 bits per heavy atom. The molecule has 0 aliphatic rings. The number of hydrogen-bond donors (Lipinski definition) is 0. The Kier molecular flexibility index (Phi) is 5.47. The number of nitrogens with zero attached hydrogens (tertiary/aromatic N) is 2. The number of hydrogen-bond acceptors (Lipinski definition) is 3. The van der Waals surface area contributed by atoms with Crippen molar-refractivity contribution in [2.75, 3.05) is 30.4 Å². The maximum atomic E-state index is 5.63. The second kappa shape index (κ2) is 6.67. The van der Waals surface area contributed by atoms with E-state index in [9.17, 15) is 0 Å². The summed E-state index contributed by atoms with van der Waals surface area (Å²) in [6, 6.07) is 3.86. The third-order valence-electron chi connectivity index (χ3n) is 1.99. The summed E-state index contributed by atoms with van der Waals surface area (Å²) < 4.78 is 5.63. The van der Waals surface area contributed by atoms with E-state index in [0.717, 1.165) is 36.5 Å². The Balaban J connectivity index is 2.75. The molecule has 0 bridgehead atoms. The minimum absolute atomic E-state index is 0.737. The Morgan fingerprint density at radius 2 is 2.33 bits per heavy atom. The van der Waals surface area contributed by atoms with Gasteiger partial charge in [-0.2, -0.15) is 0 Å². The number of aromatic nitrogens is 1. The van der Waals surface area contributed by atoms with Gasteiger partial charge in [0, 0.05) is 25.1 Å². The topological polar surface area (TPSA) is 25.4 Å². The van der Waals surface area contributed by atoms with Gasteiger partial charge in [0.25, 0.3) is 0 Å². The van der Waals surface area contributed by atoms with Crippen LogP contribution in [0.25, 0.3) is 0 Å². The van der Waals surface area contributed by atoms with Gasteiger partial charge in [0.15, 0.2) is 11.6 Å². The molecule has 0 aliphatic heterocycles. The first kappa shape index (κ1) is 12.3. The summed E-state index contributed by atoms with van der Waals surface area (Å²) in [6.07, 6.45) is 2.80. The molecule has 0 saturated carbocycles. The molecule has 4 heteroatoms. The van der Waals surface area contributed by atoms with Crippen molar-refractivity contribution in [3.05, 3.63) is 18.3 Å². The van der Waals surface area contributed by atoms with Crippen LogP contribution >= 0.6 is 15.9 Å². The van der Waals surface area contributed by atoms with Crippen LogP contribution in [0.15, 0.2) is 18.3 Å². The van der Waals surface area contributed by atoms with Crippen molar-refractivity contribution in [2.24, 2.45) is 0 Å². The van der Waals surface area contributed by atoms with Gasteiger partial charge in [0.05, 0.1) is 6.61 Å². The molecule has 0 atom stereocenters. The monoisotopic (exact) mass is 272 g/mol. The zero-order valence-corrected chi connectivity index (χ0v) is 10.8. The van der Waals surface area contributed by atoms with Crippen LogP contribution in [0.2, 0.25) is 0 Å². The lowest BCUT2D eigenvalue weighted by atomic mass is 10.4. The standard InChI is InChI=1S/C11H17BrN2O/c1-3-9-15-10-5-4-7-13-11(10)14(2)8-6-12/h4-5,7H,3,6,8-9H2,1-2H3. The van der Waals surface area contributed by atoms with Gasteiger partial charge in [-0.15, -0.1) is 0 Å². The second-order valence-electron chi connectivity index (χ2n) is 3.28. The molecule has 0 saturated heterocycles. The lowest BCUT2D eigenvalue weighted by Crippen LogP contribution is -2.21. The van der Waals surface area contributed by atoms with Gasteiger partial charge in [-0.25, -0.2) is 4.98 Å². The SMILES string of the molecule is CCCOc1cccnc1N(C)CCBr. The maximum absolute atomic E-state index is 5.63. The summed E-state index contributed by atoms with van der Waals surface area (Å²) in [4.78, 5) is 6.41. The number of alkyl halides is 1. The Bertz CT molecular complexity index is 294. The predicted octanol–water partition coefficient (Wildman–Crippen LogP) is 2.70. The summed E-state index contributed by atoms with van der Waals surface area (Å²) in [6.45, 7) is 3.75. The molecule has 0 N–H and O–H groups in total. The van der Waals surface area contributed by atoms with Gasteiger partial charge >= 0.3 is 0 Å². The van der Waals surface area contributed by atoms with Crippen molar-refractivity contribution in [3.63, 3.8) is 0 Å². The molecule has 84 valence electrons. The molecule has 1 aromatic rings. The molecule has 0 radical (unpaired) electrons. The van der Waals surface area contributed by atoms with E-state index in [1.165, 1.54) is 0 Å². The molecule has 0 unspecified atom stereocenters. The molecule has 1 rings (SSSR count). The zero-order valence-electron chi connectivity index (χ0n) is 9.24. The van der Waals surface area contributed by atoms with E-state index in [0.29, 0.717) is 0 Å². The summed E-state index contributed by atoms with van der Waals surface area (Å²) in [5.74, 6) is 1.77. The summed E-state index contributed by atoms with van der Waals surface area (Å²) in [5.41, 5.74) is 0. The first-order valence-corrected chi connectivity index (χ1v) is 6.26. The highest BCUT2D eigenvalue weighted by Crippen LogP contribution is 2.24. The predicted molar refractivity (Wildman–Crippen MR) is 67.1 cm³/mol. The van der Waals surface area contributed by atoms with Crippen LogP contribution in [0.5, 0.6) is 5.75 Å². The van der Waals surface area contributed by atoms with Crippen LogP contribution < -0.4 is 9.64 Å². The number of pyridine rings is 1. The molecule has 1 aromatic heterocycles. The second-order valence-corrected chi connectivity index (χ2v) is 4.08. The fourth-order valence-electron chi connectivity index (χ4n) is 1.23. The molecule has 0 aromatic carbocycles. The highest BCUT2D eigenvalue weighted by Gasteiger charge is 2.08. The van der Waals surface area contributed by atoms with Crippen molar-refractivity contribution in [1.29, 1.82) is 0 Å². The third kappa shape index (κ3) is 3.70. The van der Waals surface area contributed by atoms with E-state index in [1.54, 1.807) is 6.20 Å². The van der Waals surface area contributed by atoms with Crippen LogP contribution in [0.1, 0.15) is 13.3 Å². The number of anilines is 1. The van der Waals surface area contributed by atoms with Crippen molar-refractivity contribution >= 4 is 21.7 Å². The van der Waals surface area contributed by atoms with E-state index >= 15 is 0 Å². The Morgan fingerprint density at radius 3 is 3.00 bits per heavy atom. The van der Waals surface area contributed by atoms with Crippen molar-refractivity contribution in [1.82, 2.24) is 4.98 Å².